The monoisotopic (exact) mass is 302 g/mol. The van der Waals surface area contributed by atoms with Crippen molar-refractivity contribution in [2.45, 2.75) is 5.16 Å². The summed E-state index contributed by atoms with van der Waals surface area (Å²) in [5, 5.41) is 10.1. The van der Waals surface area contributed by atoms with Gasteiger partial charge in [0, 0.05) is 12.4 Å². The summed E-state index contributed by atoms with van der Waals surface area (Å²) in [5.74, 6) is -0.957. The second kappa shape index (κ2) is 5.65. The molecule has 1 heterocycles. The average Bonchev–Trinajstić information content (AvgIpc) is 2.78. The SMILES string of the molecule is O=C(O)CSc1nccn1-c1cccc(Cl)c1Cl. The predicted octanol–water partition coefficient (Wildman–Crippen LogP) is 3.36. The molecule has 0 saturated heterocycles. The van der Waals surface area contributed by atoms with Gasteiger partial charge in [0.1, 0.15) is 0 Å². The molecule has 2 aromatic rings. The van der Waals surface area contributed by atoms with Crippen molar-refractivity contribution in [2.24, 2.45) is 0 Å². The standard InChI is InChI=1S/C11H8Cl2N2O2S/c12-7-2-1-3-8(10(7)13)15-5-4-14-11(15)18-6-9(16)17/h1-5H,6H2,(H,16,17). The number of aliphatic carboxylic acids is 1. The van der Waals surface area contributed by atoms with Crippen molar-refractivity contribution in [1.82, 2.24) is 9.55 Å². The maximum atomic E-state index is 10.6. The highest BCUT2D eigenvalue weighted by atomic mass is 35.5. The first kappa shape index (κ1) is 13.3. The van der Waals surface area contributed by atoms with Crippen LogP contribution in [0.25, 0.3) is 5.69 Å². The number of imidazole rings is 1. The zero-order valence-corrected chi connectivity index (χ0v) is 11.3. The van der Waals surface area contributed by atoms with Crippen LogP contribution in [-0.4, -0.2) is 26.4 Å². The van der Waals surface area contributed by atoms with Crippen molar-refractivity contribution in [3.05, 3.63) is 40.6 Å². The first-order valence-electron chi connectivity index (χ1n) is 4.92. The van der Waals surface area contributed by atoms with Crippen molar-refractivity contribution in [3.63, 3.8) is 0 Å². The first-order valence-corrected chi connectivity index (χ1v) is 6.66. The van der Waals surface area contributed by atoms with Crippen molar-refractivity contribution >= 4 is 40.9 Å². The number of halogens is 2. The Morgan fingerprint density at radius 3 is 2.94 bits per heavy atom. The van der Waals surface area contributed by atoms with Crippen LogP contribution in [0.1, 0.15) is 0 Å². The second-order valence-corrected chi connectivity index (χ2v) is 5.06. The van der Waals surface area contributed by atoms with Crippen LogP contribution in [0.4, 0.5) is 0 Å². The smallest absolute Gasteiger partial charge is 0.313 e. The van der Waals surface area contributed by atoms with E-state index in [4.69, 9.17) is 28.3 Å². The van der Waals surface area contributed by atoms with Crippen molar-refractivity contribution in [1.29, 1.82) is 0 Å². The largest absolute Gasteiger partial charge is 0.481 e. The minimum atomic E-state index is -0.897. The van der Waals surface area contributed by atoms with Gasteiger partial charge in [-0.15, -0.1) is 0 Å². The van der Waals surface area contributed by atoms with E-state index in [0.717, 1.165) is 11.8 Å². The van der Waals surface area contributed by atoms with Gasteiger partial charge in [-0.3, -0.25) is 9.36 Å². The van der Waals surface area contributed by atoms with Crippen LogP contribution in [0.3, 0.4) is 0 Å². The fourth-order valence-electron chi connectivity index (χ4n) is 1.38. The summed E-state index contributed by atoms with van der Waals surface area (Å²) in [6, 6.07) is 5.25. The Kier molecular flexibility index (Phi) is 4.16. The lowest BCUT2D eigenvalue weighted by Gasteiger charge is -2.09. The number of benzene rings is 1. The Morgan fingerprint density at radius 2 is 2.22 bits per heavy atom. The van der Waals surface area contributed by atoms with Gasteiger partial charge in [0.15, 0.2) is 5.16 Å². The van der Waals surface area contributed by atoms with Crippen LogP contribution in [0.2, 0.25) is 10.0 Å². The number of thioether (sulfide) groups is 1. The van der Waals surface area contributed by atoms with Crippen LogP contribution < -0.4 is 0 Å². The molecule has 0 aliphatic heterocycles. The van der Waals surface area contributed by atoms with Crippen LogP contribution in [-0.2, 0) is 4.79 Å². The summed E-state index contributed by atoms with van der Waals surface area (Å²) in [4.78, 5) is 14.7. The quantitative estimate of drug-likeness (QED) is 0.880. The first-order chi connectivity index (χ1) is 8.59. The zero-order valence-electron chi connectivity index (χ0n) is 9.01. The Bertz CT molecular complexity index is 586. The molecule has 0 saturated carbocycles. The fraction of sp³-hybridized carbons (Fsp3) is 0.0909. The van der Waals surface area contributed by atoms with E-state index in [1.54, 1.807) is 35.2 Å². The molecule has 0 unspecified atom stereocenters. The number of carboxylic acids is 1. The summed E-state index contributed by atoms with van der Waals surface area (Å²) in [5.41, 5.74) is 0.676. The third-order valence-electron chi connectivity index (χ3n) is 2.12. The molecule has 0 fully saturated rings. The maximum Gasteiger partial charge on any atom is 0.313 e. The summed E-state index contributed by atoms with van der Waals surface area (Å²) in [7, 11) is 0. The molecule has 0 amide bonds. The highest BCUT2D eigenvalue weighted by Crippen LogP contribution is 2.30. The number of nitrogens with zero attached hydrogens (tertiary/aromatic N) is 2. The zero-order chi connectivity index (χ0) is 13.1. The predicted molar refractivity (Wildman–Crippen MR) is 71.9 cm³/mol. The highest BCUT2D eigenvalue weighted by Gasteiger charge is 2.12. The molecule has 0 spiro atoms. The minimum Gasteiger partial charge on any atom is -0.481 e. The third-order valence-corrected chi connectivity index (χ3v) is 3.88. The number of hydrogen-bond donors (Lipinski definition) is 1. The van der Waals surface area contributed by atoms with Crippen molar-refractivity contribution in [2.75, 3.05) is 5.75 Å². The molecule has 1 aromatic heterocycles. The molecule has 1 N–H and O–H groups in total. The molecular formula is C11H8Cl2N2O2S. The molecule has 2 rings (SSSR count). The molecule has 0 radical (unpaired) electrons. The summed E-state index contributed by atoms with van der Waals surface area (Å²) in [6.07, 6.45) is 3.29. The van der Waals surface area contributed by atoms with Gasteiger partial charge in [0.25, 0.3) is 0 Å². The molecular weight excluding hydrogens is 295 g/mol. The Balaban J connectivity index is 2.36. The van der Waals surface area contributed by atoms with Gasteiger partial charge in [-0.25, -0.2) is 4.98 Å². The molecule has 0 aliphatic rings. The van der Waals surface area contributed by atoms with E-state index >= 15 is 0 Å². The lowest BCUT2D eigenvalue weighted by atomic mass is 10.3. The Morgan fingerprint density at radius 1 is 1.44 bits per heavy atom. The fourth-order valence-corrected chi connectivity index (χ4v) is 2.46. The average molecular weight is 303 g/mol. The normalized spacial score (nSPS) is 10.6. The number of hydrogen-bond acceptors (Lipinski definition) is 3. The van der Waals surface area contributed by atoms with Gasteiger partial charge < -0.3 is 5.11 Å². The number of carboxylic acid groups (broad SMARTS) is 1. The Labute approximate surface area is 118 Å². The number of aromatic nitrogens is 2. The van der Waals surface area contributed by atoms with E-state index in [1.807, 2.05) is 0 Å². The molecule has 1 aromatic carbocycles. The van der Waals surface area contributed by atoms with Crippen LogP contribution in [0.5, 0.6) is 0 Å². The van der Waals surface area contributed by atoms with Gasteiger partial charge in [-0.1, -0.05) is 41.0 Å². The van der Waals surface area contributed by atoms with Crippen LogP contribution in [0.15, 0.2) is 35.7 Å². The van der Waals surface area contributed by atoms with Crippen molar-refractivity contribution < 1.29 is 9.90 Å². The summed E-state index contributed by atoms with van der Waals surface area (Å²) < 4.78 is 1.71. The van der Waals surface area contributed by atoms with Gasteiger partial charge in [0.05, 0.1) is 21.5 Å². The van der Waals surface area contributed by atoms with Gasteiger partial charge in [-0.2, -0.15) is 0 Å². The molecule has 0 bridgehead atoms. The topological polar surface area (TPSA) is 55.1 Å². The summed E-state index contributed by atoms with van der Waals surface area (Å²) >= 11 is 13.2. The van der Waals surface area contributed by atoms with E-state index in [2.05, 4.69) is 4.98 Å². The highest BCUT2D eigenvalue weighted by molar-refractivity contribution is 7.99. The van der Waals surface area contributed by atoms with E-state index < -0.39 is 5.97 Å². The Hall–Kier alpha value is -1.17. The summed E-state index contributed by atoms with van der Waals surface area (Å²) in [6.45, 7) is 0. The van der Waals surface area contributed by atoms with E-state index in [0.29, 0.717) is 20.9 Å². The molecule has 4 nitrogen and oxygen atoms in total. The second-order valence-electron chi connectivity index (χ2n) is 3.34. The van der Waals surface area contributed by atoms with Crippen LogP contribution >= 0.6 is 35.0 Å². The van der Waals surface area contributed by atoms with Crippen LogP contribution in [0, 0.1) is 0 Å². The number of carbonyl (C=O) groups is 1. The van der Waals surface area contributed by atoms with Crippen molar-refractivity contribution in [3.8, 4) is 5.69 Å². The molecule has 18 heavy (non-hydrogen) atoms. The van der Waals surface area contributed by atoms with E-state index in [-0.39, 0.29) is 5.75 Å². The third kappa shape index (κ3) is 2.80. The van der Waals surface area contributed by atoms with Gasteiger partial charge >= 0.3 is 5.97 Å². The van der Waals surface area contributed by atoms with Gasteiger partial charge in [0.2, 0.25) is 0 Å². The lowest BCUT2D eigenvalue weighted by Crippen LogP contribution is -2.01. The maximum absolute atomic E-state index is 10.6. The van der Waals surface area contributed by atoms with E-state index in [9.17, 15) is 4.79 Å². The molecule has 94 valence electrons. The molecule has 0 atom stereocenters. The molecule has 7 heteroatoms. The minimum absolute atomic E-state index is 0.0603. The van der Waals surface area contributed by atoms with E-state index in [1.165, 1.54) is 0 Å². The molecule has 0 aliphatic carbocycles. The van der Waals surface area contributed by atoms with Gasteiger partial charge in [-0.05, 0) is 12.1 Å². The number of rotatable bonds is 4. The lowest BCUT2D eigenvalue weighted by molar-refractivity contribution is -0.133.